The Morgan fingerprint density at radius 3 is 1.86 bits per heavy atom. The van der Waals surface area contributed by atoms with E-state index in [0.717, 1.165) is 40.6 Å². The molecule has 0 N–H and O–H groups in total. The van der Waals surface area contributed by atoms with Crippen LogP contribution in [0.2, 0.25) is 10.0 Å². The number of benzene rings is 4. The molecule has 1 heterocycles. The summed E-state index contributed by atoms with van der Waals surface area (Å²) >= 11 is 12.5. The van der Waals surface area contributed by atoms with Gasteiger partial charge in [0.2, 0.25) is 0 Å². The van der Waals surface area contributed by atoms with Gasteiger partial charge in [-0.15, -0.1) is 0 Å². The van der Waals surface area contributed by atoms with Crippen LogP contribution in [0.15, 0.2) is 91.0 Å². The largest absolute Gasteiger partial charge is 0.324 e. The van der Waals surface area contributed by atoms with Crippen molar-refractivity contribution < 1.29 is 0 Å². The Bertz CT molecular complexity index is 1430. The Labute approximate surface area is 216 Å². The van der Waals surface area contributed by atoms with Crippen LogP contribution in [0.3, 0.4) is 0 Å². The fraction of sp³-hybridized carbons (Fsp3) is 0.194. The molecule has 174 valence electrons. The van der Waals surface area contributed by atoms with Crippen molar-refractivity contribution in [3.05, 3.63) is 135 Å². The summed E-state index contributed by atoms with van der Waals surface area (Å²) in [4.78, 5) is 5.04. The van der Waals surface area contributed by atoms with Crippen LogP contribution in [-0.4, -0.2) is 9.55 Å². The van der Waals surface area contributed by atoms with Crippen LogP contribution >= 0.6 is 23.2 Å². The molecule has 0 amide bonds. The molecule has 1 aliphatic carbocycles. The van der Waals surface area contributed by atoms with Gasteiger partial charge in [0.05, 0.1) is 11.0 Å². The first-order valence-electron chi connectivity index (χ1n) is 12.2. The van der Waals surface area contributed by atoms with E-state index >= 15 is 0 Å². The summed E-state index contributed by atoms with van der Waals surface area (Å²) in [6, 6.07) is 32.3. The number of hydrogen-bond donors (Lipinski definition) is 0. The van der Waals surface area contributed by atoms with Crippen molar-refractivity contribution >= 4 is 34.2 Å². The van der Waals surface area contributed by atoms with Crippen LogP contribution in [0.25, 0.3) is 11.0 Å². The molecule has 1 aliphatic rings. The lowest BCUT2D eigenvalue weighted by Gasteiger charge is -2.21. The van der Waals surface area contributed by atoms with E-state index in [1.807, 2.05) is 24.3 Å². The van der Waals surface area contributed by atoms with Crippen LogP contribution in [0, 0.1) is 0 Å². The Kier molecular flexibility index (Phi) is 5.88. The molecular formula is C31H26Cl2N2. The summed E-state index contributed by atoms with van der Waals surface area (Å²) in [6.07, 6.45) is 3.02. The zero-order valence-electron chi connectivity index (χ0n) is 19.6. The quantitative estimate of drug-likeness (QED) is 0.223. The first-order chi connectivity index (χ1) is 17.1. The maximum atomic E-state index is 6.23. The molecule has 4 aromatic carbocycles. The van der Waals surface area contributed by atoms with Gasteiger partial charge in [-0.3, -0.25) is 0 Å². The second-order valence-electron chi connectivity index (χ2n) is 9.37. The molecular weight excluding hydrogens is 471 g/mol. The van der Waals surface area contributed by atoms with Gasteiger partial charge < -0.3 is 4.57 Å². The zero-order valence-corrected chi connectivity index (χ0v) is 21.1. The highest BCUT2D eigenvalue weighted by atomic mass is 35.5. The molecule has 35 heavy (non-hydrogen) atoms. The summed E-state index contributed by atoms with van der Waals surface area (Å²) in [5, 5.41) is 1.48. The van der Waals surface area contributed by atoms with Crippen molar-refractivity contribution in [1.82, 2.24) is 9.55 Å². The van der Waals surface area contributed by atoms with E-state index in [-0.39, 0.29) is 5.92 Å². The number of imidazole rings is 1. The van der Waals surface area contributed by atoms with E-state index in [1.54, 1.807) is 0 Å². The van der Waals surface area contributed by atoms with E-state index in [0.29, 0.717) is 6.04 Å². The van der Waals surface area contributed by atoms with Crippen molar-refractivity contribution in [1.29, 1.82) is 0 Å². The predicted molar refractivity (Wildman–Crippen MR) is 146 cm³/mol. The lowest BCUT2D eigenvalue weighted by molar-refractivity contribution is 0.522. The molecule has 0 fully saturated rings. The molecule has 0 saturated heterocycles. The van der Waals surface area contributed by atoms with Crippen molar-refractivity contribution in [2.45, 2.75) is 38.1 Å². The molecule has 1 aromatic heterocycles. The topological polar surface area (TPSA) is 17.8 Å². The summed E-state index contributed by atoms with van der Waals surface area (Å²) in [5.74, 6) is 1.23. The Morgan fingerprint density at radius 1 is 0.771 bits per heavy atom. The summed E-state index contributed by atoms with van der Waals surface area (Å²) < 4.78 is 2.50. The van der Waals surface area contributed by atoms with Crippen LogP contribution in [-0.2, 0) is 19.3 Å². The summed E-state index contributed by atoms with van der Waals surface area (Å²) in [6.45, 7) is 2.20. The Balaban J connectivity index is 1.49. The number of halogens is 2. The third-order valence-electron chi connectivity index (χ3n) is 7.24. The van der Waals surface area contributed by atoms with Gasteiger partial charge in [-0.05, 0) is 77.1 Å². The van der Waals surface area contributed by atoms with Crippen molar-refractivity contribution in [3.63, 3.8) is 0 Å². The van der Waals surface area contributed by atoms with Gasteiger partial charge in [-0.2, -0.15) is 0 Å². The van der Waals surface area contributed by atoms with Crippen LogP contribution in [0.4, 0.5) is 0 Å². The molecule has 4 heteroatoms. The van der Waals surface area contributed by atoms with Crippen molar-refractivity contribution in [2.24, 2.45) is 0 Å². The first-order valence-corrected chi connectivity index (χ1v) is 12.9. The molecule has 0 spiro atoms. The van der Waals surface area contributed by atoms with Crippen LogP contribution in [0.1, 0.15) is 52.5 Å². The van der Waals surface area contributed by atoms with E-state index in [1.165, 1.54) is 33.3 Å². The first kappa shape index (κ1) is 22.4. The van der Waals surface area contributed by atoms with Gasteiger partial charge in [-0.1, -0.05) is 84.7 Å². The van der Waals surface area contributed by atoms with E-state index < -0.39 is 0 Å². The molecule has 0 radical (unpaired) electrons. The van der Waals surface area contributed by atoms with Gasteiger partial charge in [0.1, 0.15) is 5.82 Å². The van der Waals surface area contributed by atoms with E-state index in [2.05, 4.69) is 78.2 Å². The Morgan fingerprint density at radius 2 is 1.31 bits per heavy atom. The number of nitrogens with zero attached hydrogens (tertiary/aromatic N) is 2. The van der Waals surface area contributed by atoms with Crippen LogP contribution < -0.4 is 0 Å². The molecule has 6 rings (SSSR count). The smallest absolute Gasteiger partial charge is 0.109 e. The van der Waals surface area contributed by atoms with Crippen molar-refractivity contribution in [2.75, 3.05) is 0 Å². The maximum Gasteiger partial charge on any atom is 0.109 e. The lowest BCUT2D eigenvalue weighted by Crippen LogP contribution is -2.12. The highest BCUT2D eigenvalue weighted by Gasteiger charge is 2.27. The predicted octanol–water partition coefficient (Wildman–Crippen LogP) is 8.43. The second kappa shape index (κ2) is 9.18. The fourth-order valence-corrected chi connectivity index (χ4v) is 5.85. The summed E-state index contributed by atoms with van der Waals surface area (Å²) in [5.41, 5.74) is 8.83. The molecule has 0 bridgehead atoms. The summed E-state index contributed by atoms with van der Waals surface area (Å²) in [7, 11) is 0. The standard InChI is InChI=1S/C31H26Cl2N2/c1-2-30-34-28-16-11-24(19-29(28)35(30)27-17-22-5-3-4-6-23(22)18-27)31(20-7-12-25(32)13-8-20)21-9-14-26(33)15-10-21/h3-16,19,27,31H,2,17-18H2,1H3. The zero-order chi connectivity index (χ0) is 23.9. The van der Waals surface area contributed by atoms with Crippen molar-refractivity contribution in [3.8, 4) is 0 Å². The monoisotopic (exact) mass is 496 g/mol. The lowest BCUT2D eigenvalue weighted by atomic mass is 9.85. The third-order valence-corrected chi connectivity index (χ3v) is 7.74. The van der Waals surface area contributed by atoms with Crippen LogP contribution in [0.5, 0.6) is 0 Å². The molecule has 0 atom stereocenters. The highest BCUT2D eigenvalue weighted by molar-refractivity contribution is 6.30. The minimum atomic E-state index is 0.0723. The van der Waals surface area contributed by atoms with Gasteiger partial charge >= 0.3 is 0 Å². The fourth-order valence-electron chi connectivity index (χ4n) is 5.60. The minimum Gasteiger partial charge on any atom is -0.324 e. The maximum absolute atomic E-state index is 6.23. The van der Waals surface area contributed by atoms with Gasteiger partial charge in [0.25, 0.3) is 0 Å². The average Bonchev–Trinajstić information content (AvgIpc) is 3.47. The number of fused-ring (bicyclic) bond motifs is 2. The molecule has 2 nitrogen and oxygen atoms in total. The number of aryl methyl sites for hydroxylation is 1. The normalized spacial score (nSPS) is 13.6. The van der Waals surface area contributed by atoms with Gasteiger partial charge in [0, 0.05) is 28.4 Å². The minimum absolute atomic E-state index is 0.0723. The highest BCUT2D eigenvalue weighted by Crippen LogP contribution is 2.38. The molecule has 0 aliphatic heterocycles. The molecule has 0 unspecified atom stereocenters. The molecule has 5 aromatic rings. The third kappa shape index (κ3) is 4.16. The van der Waals surface area contributed by atoms with E-state index in [4.69, 9.17) is 28.2 Å². The molecule has 0 saturated carbocycles. The number of hydrogen-bond acceptors (Lipinski definition) is 1. The second-order valence-corrected chi connectivity index (χ2v) is 10.2. The van der Waals surface area contributed by atoms with Gasteiger partial charge in [0.15, 0.2) is 0 Å². The van der Waals surface area contributed by atoms with E-state index in [9.17, 15) is 0 Å². The number of rotatable bonds is 5. The Hall–Kier alpha value is -3.07. The van der Waals surface area contributed by atoms with Gasteiger partial charge in [-0.25, -0.2) is 4.98 Å². The average molecular weight is 497 g/mol. The number of aromatic nitrogens is 2. The SMILES string of the molecule is CCc1nc2ccc(C(c3ccc(Cl)cc3)c3ccc(Cl)cc3)cc2n1C1Cc2ccccc2C1.